The number of hydrogen-bond acceptors (Lipinski definition) is 5. The smallest absolute Gasteiger partial charge is 0.391 e. The molecule has 0 spiro atoms. The van der Waals surface area contributed by atoms with E-state index in [2.05, 4.69) is 5.32 Å². The number of nitrogens with two attached hydrogens (primary N) is 1. The zero-order valence-corrected chi connectivity index (χ0v) is 12.4. The SMILES string of the molecule is NC1(CNC(=O)c2ccc3oc(=O)oc3c2)CCCCCC1. The molecule has 1 amide bonds. The third kappa shape index (κ3) is 3.22. The molecule has 1 aromatic carbocycles. The Morgan fingerprint density at radius 3 is 2.55 bits per heavy atom. The van der Waals surface area contributed by atoms with E-state index in [0.29, 0.717) is 17.7 Å². The Balaban J connectivity index is 1.68. The van der Waals surface area contributed by atoms with Gasteiger partial charge in [-0.05, 0) is 31.0 Å². The first-order chi connectivity index (χ1) is 10.6. The molecule has 1 saturated carbocycles. The van der Waals surface area contributed by atoms with Crippen LogP contribution in [0, 0.1) is 0 Å². The molecule has 0 atom stereocenters. The van der Waals surface area contributed by atoms with Crippen LogP contribution in [0.1, 0.15) is 48.9 Å². The highest BCUT2D eigenvalue weighted by Gasteiger charge is 2.26. The van der Waals surface area contributed by atoms with Crippen molar-refractivity contribution in [2.75, 3.05) is 6.54 Å². The van der Waals surface area contributed by atoms with Crippen molar-refractivity contribution >= 4 is 17.1 Å². The highest BCUT2D eigenvalue weighted by molar-refractivity contribution is 5.96. The molecule has 118 valence electrons. The highest BCUT2D eigenvalue weighted by Crippen LogP contribution is 2.24. The lowest BCUT2D eigenvalue weighted by Gasteiger charge is -2.28. The molecular formula is C16H20N2O4. The number of benzene rings is 1. The zero-order valence-electron chi connectivity index (χ0n) is 12.4. The maximum absolute atomic E-state index is 12.2. The Kier molecular flexibility index (Phi) is 4.02. The summed E-state index contributed by atoms with van der Waals surface area (Å²) in [7, 11) is 0. The number of hydrogen-bond donors (Lipinski definition) is 2. The molecule has 3 N–H and O–H groups in total. The Bertz CT molecular complexity index is 723. The molecular weight excluding hydrogens is 284 g/mol. The van der Waals surface area contributed by atoms with Crippen molar-refractivity contribution in [3.05, 3.63) is 34.4 Å². The van der Waals surface area contributed by atoms with E-state index < -0.39 is 5.82 Å². The van der Waals surface area contributed by atoms with Crippen molar-refractivity contribution in [3.8, 4) is 0 Å². The van der Waals surface area contributed by atoms with Crippen molar-refractivity contribution in [2.45, 2.75) is 44.1 Å². The maximum atomic E-state index is 12.2. The van der Waals surface area contributed by atoms with Crippen molar-refractivity contribution in [1.82, 2.24) is 5.32 Å². The Labute approximate surface area is 127 Å². The molecule has 0 bridgehead atoms. The Hall–Kier alpha value is -2.08. The number of amides is 1. The lowest BCUT2D eigenvalue weighted by Crippen LogP contribution is -2.49. The van der Waals surface area contributed by atoms with Gasteiger partial charge in [-0.3, -0.25) is 4.79 Å². The van der Waals surface area contributed by atoms with Gasteiger partial charge in [0.15, 0.2) is 11.2 Å². The maximum Gasteiger partial charge on any atom is 0.519 e. The van der Waals surface area contributed by atoms with Gasteiger partial charge in [0.05, 0.1) is 0 Å². The van der Waals surface area contributed by atoms with E-state index >= 15 is 0 Å². The summed E-state index contributed by atoms with van der Waals surface area (Å²) in [6.07, 6.45) is 6.51. The lowest BCUT2D eigenvalue weighted by atomic mass is 9.91. The molecule has 0 radical (unpaired) electrons. The summed E-state index contributed by atoms with van der Waals surface area (Å²) in [6.45, 7) is 0.458. The molecule has 1 aliphatic rings. The largest absolute Gasteiger partial charge is 0.519 e. The lowest BCUT2D eigenvalue weighted by molar-refractivity contribution is 0.0941. The normalized spacial score (nSPS) is 18.0. The number of nitrogens with one attached hydrogen (secondary N) is 1. The number of carbonyl (C=O) groups is 1. The summed E-state index contributed by atoms with van der Waals surface area (Å²) in [5, 5.41) is 2.89. The van der Waals surface area contributed by atoms with Gasteiger partial charge in [0.1, 0.15) is 0 Å². The molecule has 0 saturated heterocycles. The van der Waals surface area contributed by atoms with Gasteiger partial charge in [-0.15, -0.1) is 0 Å². The second-order valence-corrected chi connectivity index (χ2v) is 6.07. The van der Waals surface area contributed by atoms with Gasteiger partial charge in [-0.2, -0.15) is 0 Å². The van der Waals surface area contributed by atoms with Crippen LogP contribution in [0.2, 0.25) is 0 Å². The number of rotatable bonds is 3. The van der Waals surface area contributed by atoms with Gasteiger partial charge >= 0.3 is 5.82 Å². The molecule has 2 aromatic rings. The van der Waals surface area contributed by atoms with E-state index in [4.69, 9.17) is 14.6 Å². The first kappa shape index (κ1) is 14.8. The van der Waals surface area contributed by atoms with Crippen LogP contribution in [0.3, 0.4) is 0 Å². The van der Waals surface area contributed by atoms with Crippen molar-refractivity contribution in [3.63, 3.8) is 0 Å². The van der Waals surface area contributed by atoms with Crippen LogP contribution >= 0.6 is 0 Å². The van der Waals surface area contributed by atoms with Gasteiger partial charge in [-0.1, -0.05) is 25.7 Å². The van der Waals surface area contributed by atoms with Crippen LogP contribution < -0.4 is 16.9 Å². The third-order valence-electron chi connectivity index (χ3n) is 4.29. The second-order valence-electron chi connectivity index (χ2n) is 6.07. The third-order valence-corrected chi connectivity index (χ3v) is 4.29. The summed E-state index contributed by atoms with van der Waals surface area (Å²) in [5.41, 5.74) is 7.10. The fourth-order valence-electron chi connectivity index (χ4n) is 2.98. The van der Waals surface area contributed by atoms with Crippen molar-refractivity contribution in [2.24, 2.45) is 5.73 Å². The van der Waals surface area contributed by atoms with E-state index in [-0.39, 0.29) is 17.0 Å². The molecule has 1 aliphatic carbocycles. The topological polar surface area (TPSA) is 98.5 Å². The van der Waals surface area contributed by atoms with Gasteiger partial charge in [-0.25, -0.2) is 4.79 Å². The van der Waals surface area contributed by atoms with Crippen LogP contribution in [-0.4, -0.2) is 18.0 Å². The molecule has 22 heavy (non-hydrogen) atoms. The standard InChI is InChI=1S/C16H20N2O4/c17-16(7-3-1-2-4-8-16)10-18-14(19)11-5-6-12-13(9-11)22-15(20)21-12/h5-6,9H,1-4,7-8,10,17H2,(H,18,19). The molecule has 3 rings (SSSR count). The Morgan fingerprint density at radius 2 is 1.82 bits per heavy atom. The fraction of sp³-hybridized carbons (Fsp3) is 0.500. The van der Waals surface area contributed by atoms with Gasteiger partial charge in [0.25, 0.3) is 5.91 Å². The zero-order chi connectivity index (χ0) is 15.6. The average molecular weight is 304 g/mol. The van der Waals surface area contributed by atoms with Gasteiger partial charge < -0.3 is 19.9 Å². The monoisotopic (exact) mass is 304 g/mol. The van der Waals surface area contributed by atoms with E-state index in [0.717, 1.165) is 25.7 Å². The highest BCUT2D eigenvalue weighted by atomic mass is 16.6. The number of carbonyl (C=O) groups excluding carboxylic acids is 1. The van der Waals surface area contributed by atoms with E-state index in [1.807, 2.05) is 0 Å². The average Bonchev–Trinajstić information content (AvgIpc) is 2.73. The summed E-state index contributed by atoms with van der Waals surface area (Å²) in [4.78, 5) is 23.3. The predicted molar refractivity (Wildman–Crippen MR) is 81.7 cm³/mol. The van der Waals surface area contributed by atoms with Crippen molar-refractivity contribution < 1.29 is 13.6 Å². The minimum absolute atomic E-state index is 0.222. The minimum atomic E-state index is -0.771. The molecule has 6 heteroatoms. The molecule has 1 aromatic heterocycles. The summed E-state index contributed by atoms with van der Waals surface area (Å²) >= 11 is 0. The predicted octanol–water partition coefficient (Wildman–Crippen LogP) is 2.17. The van der Waals surface area contributed by atoms with Crippen molar-refractivity contribution in [1.29, 1.82) is 0 Å². The van der Waals surface area contributed by atoms with Crippen LogP contribution in [0.15, 0.2) is 31.8 Å². The molecule has 6 nitrogen and oxygen atoms in total. The summed E-state index contributed by atoms with van der Waals surface area (Å²) in [5.74, 6) is -0.994. The first-order valence-corrected chi connectivity index (χ1v) is 7.67. The second kappa shape index (κ2) is 5.96. The molecule has 0 unspecified atom stereocenters. The van der Waals surface area contributed by atoms with Crippen LogP contribution in [0.25, 0.3) is 11.2 Å². The molecule has 1 heterocycles. The summed E-state index contributed by atoms with van der Waals surface area (Å²) in [6, 6.07) is 4.66. The minimum Gasteiger partial charge on any atom is -0.391 e. The first-order valence-electron chi connectivity index (χ1n) is 7.67. The van der Waals surface area contributed by atoms with E-state index in [1.165, 1.54) is 18.9 Å². The summed E-state index contributed by atoms with van der Waals surface area (Å²) < 4.78 is 9.68. The van der Waals surface area contributed by atoms with Crippen LogP contribution in [0.5, 0.6) is 0 Å². The van der Waals surface area contributed by atoms with Gasteiger partial charge in [0.2, 0.25) is 0 Å². The fourth-order valence-corrected chi connectivity index (χ4v) is 2.98. The number of fused-ring (bicyclic) bond motifs is 1. The van der Waals surface area contributed by atoms with E-state index in [9.17, 15) is 9.59 Å². The van der Waals surface area contributed by atoms with E-state index in [1.54, 1.807) is 12.1 Å². The quantitative estimate of drug-likeness (QED) is 0.847. The van der Waals surface area contributed by atoms with Gasteiger partial charge in [0, 0.05) is 17.6 Å². The molecule has 0 aliphatic heterocycles. The van der Waals surface area contributed by atoms with Crippen LogP contribution in [0.4, 0.5) is 0 Å². The molecule has 1 fully saturated rings. The Morgan fingerprint density at radius 1 is 1.14 bits per heavy atom. The van der Waals surface area contributed by atoms with Crippen LogP contribution in [-0.2, 0) is 0 Å².